The zero-order chi connectivity index (χ0) is 72.5. The standard InChI is InChI=1S/C16H26.2C14H22.3C13H20.C11H16/c1-10(2)14-8-15(11(3)4)13(7)16(9-14)12(5)6;1-9(2)13-7-11(5)8-14(10(3)4)12(13)6;1-8(2)14-12(6)10(4)9(3)11(5)13(14)7;1-9(2)12-7-6-8-13(10(3)4)11(12)5;1-6-12-7-10(4)8-13(9(2)3)11(12)5;1-5-11-8-12(6-2)10(4)13(7-3)9-11;1-4-10-7-6-8-11(5-2)9(10)3/h8-12H,1-7H3;7-10H,1-6H3;8H,1-7H3;6-10H,1-5H3;7-9H,6H2,1-5H3;8-9H,5-7H2,1-4H3;6-8H,4-5H2,1-3H3. The Hall–Kier alpha value is -5.46. The van der Waals surface area contributed by atoms with Gasteiger partial charge in [-0.2, -0.15) is 0 Å². The second kappa shape index (κ2) is 41.6. The summed E-state index contributed by atoms with van der Waals surface area (Å²) in [5, 5.41) is 0. The monoisotopic (exact) mass is 1280 g/mol. The summed E-state index contributed by atoms with van der Waals surface area (Å²) in [7, 11) is 0. The minimum absolute atomic E-state index is 0.621. The largest absolute Gasteiger partial charge is 0.0617 e. The van der Waals surface area contributed by atoms with Crippen LogP contribution < -0.4 is 0 Å². The number of benzene rings is 7. The van der Waals surface area contributed by atoms with E-state index in [1.54, 1.807) is 5.56 Å². The highest BCUT2D eigenvalue weighted by atomic mass is 14.2. The van der Waals surface area contributed by atoms with Gasteiger partial charge in [0.15, 0.2) is 0 Å². The van der Waals surface area contributed by atoms with Crippen LogP contribution in [0.4, 0.5) is 0 Å². The van der Waals surface area contributed by atoms with Gasteiger partial charge in [-0.3, -0.25) is 0 Å². The zero-order valence-corrected chi connectivity index (χ0v) is 68.5. The van der Waals surface area contributed by atoms with Gasteiger partial charge in [-0.1, -0.05) is 262 Å². The molecule has 7 rings (SSSR count). The molecule has 0 bridgehead atoms. The smallest absolute Gasteiger partial charge is 0.0213 e. The molecule has 7 aromatic rings. The second-order valence-corrected chi connectivity index (χ2v) is 30.4. The summed E-state index contributed by atoms with van der Waals surface area (Å²) < 4.78 is 0. The fourth-order valence-electron chi connectivity index (χ4n) is 14.0. The van der Waals surface area contributed by atoms with Gasteiger partial charge in [0.25, 0.3) is 0 Å². The molecule has 0 aliphatic carbocycles. The first-order valence-electron chi connectivity index (χ1n) is 37.5. The molecule has 0 aliphatic heterocycles. The van der Waals surface area contributed by atoms with Gasteiger partial charge in [0, 0.05) is 0 Å². The van der Waals surface area contributed by atoms with Crippen LogP contribution in [0.5, 0.6) is 0 Å². The van der Waals surface area contributed by atoms with Crippen LogP contribution in [-0.2, 0) is 38.5 Å². The molecule has 0 radical (unpaired) electrons. The fraction of sp³-hybridized carbons (Fsp3) is 0.553. The van der Waals surface area contributed by atoms with Crippen molar-refractivity contribution in [3.8, 4) is 0 Å². The fourth-order valence-corrected chi connectivity index (χ4v) is 14.0. The summed E-state index contributed by atoms with van der Waals surface area (Å²) in [6.07, 6.45) is 6.92. The van der Waals surface area contributed by atoms with Crippen LogP contribution in [0.2, 0.25) is 0 Å². The first-order chi connectivity index (χ1) is 43.8. The first kappa shape index (κ1) is 86.6. The Morgan fingerprint density at radius 2 is 0.479 bits per heavy atom. The van der Waals surface area contributed by atoms with Gasteiger partial charge < -0.3 is 0 Å². The molecule has 0 nitrogen and oxygen atoms in total. The maximum absolute atomic E-state index is 2.40. The molecule has 0 heterocycles. The molecule has 0 spiro atoms. The maximum atomic E-state index is 2.40. The van der Waals surface area contributed by atoms with Gasteiger partial charge in [0.1, 0.15) is 0 Å². The summed E-state index contributed by atoms with van der Waals surface area (Å²) in [6.45, 7) is 83.3. The summed E-state index contributed by atoms with van der Waals surface area (Å²) in [6, 6.07) is 32.0. The van der Waals surface area contributed by atoms with Crippen LogP contribution >= 0.6 is 0 Å². The second-order valence-electron chi connectivity index (χ2n) is 30.4. The highest BCUT2D eigenvalue weighted by Gasteiger charge is 2.17. The third kappa shape index (κ3) is 25.2. The van der Waals surface area contributed by atoms with E-state index in [4.69, 9.17) is 0 Å². The Bertz CT molecular complexity index is 3240. The van der Waals surface area contributed by atoms with Gasteiger partial charge in [0.2, 0.25) is 0 Å². The Labute approximate surface area is 585 Å². The summed E-state index contributed by atoms with van der Waals surface area (Å²) in [5.41, 5.74) is 41.7. The average molecular weight is 1280 g/mol. The van der Waals surface area contributed by atoms with E-state index in [0.717, 1.165) is 38.5 Å². The molecule has 0 saturated heterocycles. The Morgan fingerprint density at radius 3 is 0.777 bits per heavy atom. The summed E-state index contributed by atoms with van der Waals surface area (Å²) in [4.78, 5) is 0. The average Bonchev–Trinajstić information content (AvgIpc) is 0.813. The highest BCUT2D eigenvalue weighted by molar-refractivity contribution is 5.51. The molecule has 0 unspecified atom stereocenters. The van der Waals surface area contributed by atoms with Crippen molar-refractivity contribution in [1.29, 1.82) is 0 Å². The van der Waals surface area contributed by atoms with Crippen LogP contribution in [0.1, 0.15) is 375 Å². The van der Waals surface area contributed by atoms with E-state index in [1.807, 2.05) is 0 Å². The van der Waals surface area contributed by atoms with Crippen molar-refractivity contribution >= 4 is 0 Å². The SMILES string of the molecule is CCc1cc(C)cc(C(C)C)c1C.CCc1cc(CC)c(C)c(CC)c1.CCc1cccc(CC)c1C.Cc1c(C(C)C)cc(C(C)C)cc1C(C)C.Cc1c(C(C)C)cccc1C(C)C.Cc1c(C)c(C)c(C(C)C)c(C)c1C.Cc1cc(C(C)C)c(C)c(C(C)C)c1. The van der Waals surface area contributed by atoms with Crippen molar-refractivity contribution in [2.75, 3.05) is 0 Å². The summed E-state index contributed by atoms with van der Waals surface area (Å²) in [5.74, 6) is 5.68. The highest BCUT2D eigenvalue weighted by Crippen LogP contribution is 2.34. The molecule has 0 aromatic heterocycles. The molecular weight excluding hydrogens is 1130 g/mol. The lowest BCUT2D eigenvalue weighted by molar-refractivity contribution is 0.792. The van der Waals surface area contributed by atoms with E-state index in [-0.39, 0.29) is 0 Å². The van der Waals surface area contributed by atoms with Gasteiger partial charge in [-0.25, -0.2) is 0 Å². The normalized spacial score (nSPS) is 11.1. The van der Waals surface area contributed by atoms with E-state index in [1.165, 1.54) is 150 Å². The van der Waals surface area contributed by atoms with Crippen molar-refractivity contribution in [1.82, 2.24) is 0 Å². The van der Waals surface area contributed by atoms with E-state index >= 15 is 0 Å². The minimum atomic E-state index is 0.621. The molecule has 522 valence electrons. The van der Waals surface area contributed by atoms with E-state index in [0.29, 0.717) is 53.3 Å². The minimum Gasteiger partial charge on any atom is -0.0617 e. The predicted octanol–water partition coefficient (Wildman–Crippen LogP) is 29.3. The van der Waals surface area contributed by atoms with E-state index < -0.39 is 0 Å². The van der Waals surface area contributed by atoms with Crippen molar-refractivity contribution in [3.63, 3.8) is 0 Å². The molecule has 0 amide bonds. The van der Waals surface area contributed by atoms with Crippen LogP contribution in [-0.4, -0.2) is 0 Å². The molecule has 0 N–H and O–H groups in total. The molecule has 0 heteroatoms. The van der Waals surface area contributed by atoms with Crippen LogP contribution in [0.25, 0.3) is 0 Å². The lowest BCUT2D eigenvalue weighted by Crippen LogP contribution is -2.04. The molecule has 7 aromatic carbocycles. The Balaban J connectivity index is 0.000000549. The van der Waals surface area contributed by atoms with Crippen LogP contribution in [0.15, 0.2) is 84.9 Å². The zero-order valence-electron chi connectivity index (χ0n) is 68.5. The maximum Gasteiger partial charge on any atom is -0.0213 e. The number of hydrogen-bond donors (Lipinski definition) is 0. The summed E-state index contributed by atoms with van der Waals surface area (Å²) >= 11 is 0. The molecule has 0 fully saturated rings. The van der Waals surface area contributed by atoms with Gasteiger partial charge in [-0.15, -0.1) is 0 Å². The topological polar surface area (TPSA) is 0 Å². The Morgan fingerprint density at radius 1 is 0.213 bits per heavy atom. The molecule has 0 atom stereocenters. The first-order valence-corrected chi connectivity index (χ1v) is 37.5. The van der Waals surface area contributed by atoms with Crippen molar-refractivity contribution in [2.24, 2.45) is 0 Å². The Kier molecular flexibility index (Phi) is 38.3. The van der Waals surface area contributed by atoms with Gasteiger partial charge in [0.05, 0.1) is 0 Å². The van der Waals surface area contributed by atoms with Gasteiger partial charge in [-0.05, 0) is 326 Å². The third-order valence-corrected chi connectivity index (χ3v) is 20.5. The van der Waals surface area contributed by atoms with Crippen molar-refractivity contribution in [3.05, 3.63) is 241 Å². The van der Waals surface area contributed by atoms with Crippen LogP contribution in [0.3, 0.4) is 0 Å². The van der Waals surface area contributed by atoms with Crippen molar-refractivity contribution in [2.45, 2.75) is 348 Å². The van der Waals surface area contributed by atoms with E-state index in [9.17, 15) is 0 Å². The molecule has 0 aliphatic rings. The molecule has 0 saturated carbocycles. The third-order valence-electron chi connectivity index (χ3n) is 20.5. The molecule has 94 heavy (non-hydrogen) atoms. The number of hydrogen-bond acceptors (Lipinski definition) is 0. The number of rotatable bonds is 15. The van der Waals surface area contributed by atoms with E-state index in [2.05, 4.69) is 341 Å². The molecular formula is C94H146. The predicted molar refractivity (Wildman–Crippen MR) is 430 cm³/mol. The number of aryl methyl sites for hydroxylation is 8. The quantitative estimate of drug-likeness (QED) is 0.0960. The lowest BCUT2D eigenvalue weighted by atomic mass is 9.85. The lowest BCUT2D eigenvalue weighted by Gasteiger charge is -2.21. The van der Waals surface area contributed by atoms with Crippen molar-refractivity contribution < 1.29 is 0 Å². The van der Waals surface area contributed by atoms with Gasteiger partial charge >= 0.3 is 0 Å². The van der Waals surface area contributed by atoms with Crippen LogP contribution in [0, 0.1) is 90.0 Å².